The first-order valence-corrected chi connectivity index (χ1v) is 6.61. The van der Waals surface area contributed by atoms with Gasteiger partial charge < -0.3 is 10.2 Å². The summed E-state index contributed by atoms with van der Waals surface area (Å²) in [6.45, 7) is 7.37. The van der Waals surface area contributed by atoms with Crippen molar-refractivity contribution in [2.45, 2.75) is 32.9 Å². The number of hydrogen-bond donors (Lipinski definition) is 2. The number of pyridine rings is 1. The lowest BCUT2D eigenvalue weighted by molar-refractivity contribution is -0.130. The second-order valence-corrected chi connectivity index (χ2v) is 5.96. The average molecular weight is 276 g/mol. The van der Waals surface area contributed by atoms with Crippen LogP contribution in [-0.4, -0.2) is 35.4 Å². The van der Waals surface area contributed by atoms with Gasteiger partial charge in [0.25, 0.3) is 0 Å². The number of carbonyl (C=O) groups excluding carboxylic acids is 2. The van der Waals surface area contributed by atoms with E-state index >= 15 is 0 Å². The van der Waals surface area contributed by atoms with Gasteiger partial charge in [0, 0.05) is 18.3 Å². The zero-order chi connectivity index (χ0) is 14.8. The standard InChI is InChI=1S/C14H20N4O2/c1-14(2,3)16-7-10-4-5-11(15-6-10)18-8-12(19)17-13(20)9-18/h4-6,16H,7-9H2,1-3H3,(H,17,19,20). The normalized spacial score (nSPS) is 16.2. The molecule has 0 unspecified atom stereocenters. The molecule has 1 aliphatic heterocycles. The van der Waals surface area contributed by atoms with E-state index < -0.39 is 0 Å². The van der Waals surface area contributed by atoms with Crippen molar-refractivity contribution >= 4 is 17.6 Å². The second-order valence-electron chi connectivity index (χ2n) is 5.96. The van der Waals surface area contributed by atoms with E-state index in [0.717, 1.165) is 12.1 Å². The molecule has 0 saturated carbocycles. The molecule has 1 fully saturated rings. The number of nitrogens with zero attached hydrogens (tertiary/aromatic N) is 2. The summed E-state index contributed by atoms with van der Waals surface area (Å²) in [5.74, 6) is 0.0655. The van der Waals surface area contributed by atoms with Crippen molar-refractivity contribution in [2.24, 2.45) is 0 Å². The first-order valence-electron chi connectivity index (χ1n) is 6.61. The Morgan fingerprint density at radius 2 is 1.90 bits per heavy atom. The molecule has 2 rings (SSSR count). The van der Waals surface area contributed by atoms with Gasteiger partial charge in [0.15, 0.2) is 0 Å². The van der Waals surface area contributed by atoms with Gasteiger partial charge in [-0.2, -0.15) is 0 Å². The smallest absolute Gasteiger partial charge is 0.246 e. The van der Waals surface area contributed by atoms with Crippen LogP contribution < -0.4 is 15.5 Å². The lowest BCUT2D eigenvalue weighted by Crippen LogP contribution is -2.51. The Morgan fingerprint density at radius 3 is 2.40 bits per heavy atom. The number of piperazine rings is 1. The Morgan fingerprint density at radius 1 is 1.25 bits per heavy atom. The van der Waals surface area contributed by atoms with Crippen molar-refractivity contribution in [1.29, 1.82) is 0 Å². The van der Waals surface area contributed by atoms with Gasteiger partial charge in [0.2, 0.25) is 11.8 Å². The van der Waals surface area contributed by atoms with Gasteiger partial charge in [0.1, 0.15) is 5.82 Å². The van der Waals surface area contributed by atoms with Crippen LogP contribution in [0.2, 0.25) is 0 Å². The number of rotatable bonds is 3. The minimum Gasteiger partial charge on any atom is -0.338 e. The lowest BCUT2D eigenvalue weighted by atomic mass is 10.1. The average Bonchev–Trinajstić information content (AvgIpc) is 2.35. The Hall–Kier alpha value is -1.95. The molecule has 0 bridgehead atoms. The summed E-state index contributed by atoms with van der Waals surface area (Å²) in [7, 11) is 0. The number of nitrogens with one attached hydrogen (secondary N) is 2. The highest BCUT2D eigenvalue weighted by molar-refractivity contribution is 6.02. The summed E-state index contributed by atoms with van der Waals surface area (Å²) in [4.78, 5) is 28.6. The lowest BCUT2D eigenvalue weighted by Gasteiger charge is -2.26. The monoisotopic (exact) mass is 276 g/mol. The minimum absolute atomic E-state index is 0.0516. The third-order valence-electron chi connectivity index (χ3n) is 2.90. The van der Waals surface area contributed by atoms with E-state index in [1.54, 1.807) is 11.1 Å². The van der Waals surface area contributed by atoms with Gasteiger partial charge in [-0.05, 0) is 32.4 Å². The van der Waals surface area contributed by atoms with Gasteiger partial charge in [-0.1, -0.05) is 6.07 Å². The van der Waals surface area contributed by atoms with Crippen molar-refractivity contribution in [2.75, 3.05) is 18.0 Å². The third kappa shape index (κ3) is 4.03. The number of amides is 2. The molecule has 0 spiro atoms. The Kier molecular flexibility index (Phi) is 4.04. The largest absolute Gasteiger partial charge is 0.338 e. The first-order chi connectivity index (χ1) is 9.33. The Balaban J connectivity index is 2.01. The first kappa shape index (κ1) is 14.5. The molecule has 20 heavy (non-hydrogen) atoms. The van der Waals surface area contributed by atoms with Crippen LogP contribution in [0.25, 0.3) is 0 Å². The maximum absolute atomic E-state index is 11.3. The summed E-state index contributed by atoms with van der Waals surface area (Å²) in [6.07, 6.45) is 1.77. The quantitative estimate of drug-likeness (QED) is 0.783. The van der Waals surface area contributed by atoms with Crippen LogP contribution in [0.15, 0.2) is 18.3 Å². The minimum atomic E-state index is -0.290. The van der Waals surface area contributed by atoms with Crippen molar-refractivity contribution in [1.82, 2.24) is 15.6 Å². The topological polar surface area (TPSA) is 74.3 Å². The Bertz CT molecular complexity index is 489. The summed E-state index contributed by atoms with van der Waals surface area (Å²) in [5, 5.41) is 5.65. The maximum Gasteiger partial charge on any atom is 0.246 e. The number of aromatic nitrogens is 1. The molecule has 0 radical (unpaired) electrons. The van der Waals surface area contributed by atoms with Crippen LogP contribution in [0.3, 0.4) is 0 Å². The summed E-state index contributed by atoms with van der Waals surface area (Å²) >= 11 is 0. The fourth-order valence-electron chi connectivity index (χ4n) is 1.87. The van der Waals surface area contributed by atoms with E-state index in [4.69, 9.17) is 0 Å². The summed E-state index contributed by atoms with van der Waals surface area (Å²) in [5.41, 5.74) is 1.12. The van der Waals surface area contributed by atoms with E-state index in [0.29, 0.717) is 5.82 Å². The summed E-state index contributed by atoms with van der Waals surface area (Å²) in [6, 6.07) is 3.80. The van der Waals surface area contributed by atoms with E-state index in [2.05, 4.69) is 36.4 Å². The molecule has 0 aliphatic carbocycles. The van der Waals surface area contributed by atoms with Gasteiger partial charge in [-0.3, -0.25) is 14.9 Å². The molecular weight excluding hydrogens is 256 g/mol. The molecule has 2 N–H and O–H groups in total. The molecule has 6 heteroatoms. The molecule has 108 valence electrons. The predicted molar refractivity (Wildman–Crippen MR) is 76.2 cm³/mol. The zero-order valence-electron chi connectivity index (χ0n) is 12.1. The van der Waals surface area contributed by atoms with E-state index in [1.165, 1.54) is 0 Å². The maximum atomic E-state index is 11.3. The van der Waals surface area contributed by atoms with Crippen molar-refractivity contribution in [3.63, 3.8) is 0 Å². The van der Waals surface area contributed by atoms with Crippen LogP contribution in [0.5, 0.6) is 0 Å². The van der Waals surface area contributed by atoms with Gasteiger partial charge >= 0.3 is 0 Å². The van der Waals surface area contributed by atoms with Crippen LogP contribution in [-0.2, 0) is 16.1 Å². The van der Waals surface area contributed by atoms with Crippen LogP contribution >= 0.6 is 0 Å². The van der Waals surface area contributed by atoms with Crippen LogP contribution in [0, 0.1) is 0 Å². The van der Waals surface area contributed by atoms with Crippen molar-refractivity contribution < 1.29 is 9.59 Å². The van der Waals surface area contributed by atoms with E-state index in [1.807, 2.05) is 12.1 Å². The number of anilines is 1. The highest BCUT2D eigenvalue weighted by Crippen LogP contribution is 2.13. The highest BCUT2D eigenvalue weighted by atomic mass is 16.2. The SMILES string of the molecule is CC(C)(C)NCc1ccc(N2CC(=O)NC(=O)C2)nc1. The van der Waals surface area contributed by atoms with Crippen LogP contribution in [0.4, 0.5) is 5.82 Å². The molecule has 6 nitrogen and oxygen atoms in total. The van der Waals surface area contributed by atoms with E-state index in [-0.39, 0.29) is 30.4 Å². The number of carbonyl (C=O) groups is 2. The number of hydrogen-bond acceptors (Lipinski definition) is 5. The zero-order valence-corrected chi connectivity index (χ0v) is 12.1. The Labute approximate surface area is 118 Å². The third-order valence-corrected chi connectivity index (χ3v) is 2.90. The van der Waals surface area contributed by atoms with Gasteiger partial charge in [-0.25, -0.2) is 4.98 Å². The number of imide groups is 1. The second kappa shape index (κ2) is 5.58. The molecule has 2 heterocycles. The molecule has 1 aromatic heterocycles. The summed E-state index contributed by atoms with van der Waals surface area (Å²) < 4.78 is 0. The predicted octanol–water partition coefficient (Wildman–Crippen LogP) is 0.432. The molecule has 1 saturated heterocycles. The fourth-order valence-corrected chi connectivity index (χ4v) is 1.87. The molecule has 0 aromatic carbocycles. The highest BCUT2D eigenvalue weighted by Gasteiger charge is 2.23. The molecule has 1 aromatic rings. The molecule has 1 aliphatic rings. The van der Waals surface area contributed by atoms with Gasteiger partial charge in [-0.15, -0.1) is 0 Å². The fraction of sp³-hybridized carbons (Fsp3) is 0.500. The van der Waals surface area contributed by atoms with E-state index in [9.17, 15) is 9.59 Å². The van der Waals surface area contributed by atoms with Crippen LogP contribution in [0.1, 0.15) is 26.3 Å². The van der Waals surface area contributed by atoms with Gasteiger partial charge in [0.05, 0.1) is 13.1 Å². The molecule has 2 amide bonds. The molecular formula is C14H20N4O2. The molecule has 0 atom stereocenters. The van der Waals surface area contributed by atoms with Crippen molar-refractivity contribution in [3.8, 4) is 0 Å². The van der Waals surface area contributed by atoms with Crippen molar-refractivity contribution in [3.05, 3.63) is 23.9 Å².